The number of likely N-dealkylation sites (N-methyl/N-ethyl adjacent to an activating group) is 1. The summed E-state index contributed by atoms with van der Waals surface area (Å²) in [6.07, 6.45) is 0. The van der Waals surface area contributed by atoms with Crippen molar-refractivity contribution in [3.05, 3.63) is 46.4 Å². The van der Waals surface area contributed by atoms with Crippen LogP contribution in [-0.4, -0.2) is 55.2 Å². The molecule has 0 aliphatic carbocycles. The van der Waals surface area contributed by atoms with Crippen molar-refractivity contribution in [1.82, 2.24) is 14.9 Å². The molecule has 0 saturated carbocycles. The van der Waals surface area contributed by atoms with Gasteiger partial charge in [-0.15, -0.1) is 0 Å². The fraction of sp³-hybridized carbons (Fsp3) is 0.412. The average molecular weight is 330 g/mol. The Hall–Kier alpha value is -2.54. The summed E-state index contributed by atoms with van der Waals surface area (Å²) in [5.41, 5.74) is 0.454. The van der Waals surface area contributed by atoms with E-state index < -0.39 is 0 Å². The number of ether oxygens (including phenoxy) is 2. The highest BCUT2D eigenvalue weighted by molar-refractivity contribution is 5.32. The van der Waals surface area contributed by atoms with Gasteiger partial charge in [-0.1, -0.05) is 0 Å². The van der Waals surface area contributed by atoms with Gasteiger partial charge in [-0.2, -0.15) is 0 Å². The molecule has 0 unspecified atom stereocenters. The first-order chi connectivity index (χ1) is 11.6. The predicted octanol–water partition coefficient (Wildman–Crippen LogP) is 1.11. The first-order valence-electron chi connectivity index (χ1n) is 7.94. The SMILES string of the molecule is COc1ccc(OCc2cc(=O)[nH]c(N3CCN(C)CC3)n2)cc1. The molecule has 2 aromatic rings. The molecule has 7 nitrogen and oxygen atoms in total. The number of H-pyrrole nitrogens is 1. The summed E-state index contributed by atoms with van der Waals surface area (Å²) in [5, 5.41) is 0. The van der Waals surface area contributed by atoms with Crippen LogP contribution in [0.15, 0.2) is 35.1 Å². The molecule has 128 valence electrons. The normalized spacial score (nSPS) is 15.3. The highest BCUT2D eigenvalue weighted by Crippen LogP contribution is 2.18. The summed E-state index contributed by atoms with van der Waals surface area (Å²) in [5.74, 6) is 2.09. The lowest BCUT2D eigenvalue weighted by Crippen LogP contribution is -2.45. The van der Waals surface area contributed by atoms with Crippen LogP contribution in [0.5, 0.6) is 11.5 Å². The third kappa shape index (κ3) is 4.05. The summed E-state index contributed by atoms with van der Waals surface area (Å²) in [4.78, 5) is 23.6. The highest BCUT2D eigenvalue weighted by Gasteiger charge is 2.16. The summed E-state index contributed by atoms with van der Waals surface area (Å²) >= 11 is 0. The molecule has 0 atom stereocenters. The van der Waals surface area contributed by atoms with Gasteiger partial charge in [0.25, 0.3) is 5.56 Å². The molecule has 1 aromatic carbocycles. The first kappa shape index (κ1) is 16.3. The van der Waals surface area contributed by atoms with Crippen molar-refractivity contribution in [1.29, 1.82) is 0 Å². The molecule has 1 fully saturated rings. The lowest BCUT2D eigenvalue weighted by molar-refractivity contribution is 0.298. The quantitative estimate of drug-likeness (QED) is 0.885. The molecule has 7 heteroatoms. The van der Waals surface area contributed by atoms with Crippen LogP contribution in [0.4, 0.5) is 5.95 Å². The van der Waals surface area contributed by atoms with E-state index in [1.165, 1.54) is 6.07 Å². The van der Waals surface area contributed by atoms with E-state index in [1.54, 1.807) is 7.11 Å². The molecule has 0 radical (unpaired) electrons. The van der Waals surface area contributed by atoms with Crippen molar-refractivity contribution in [2.45, 2.75) is 6.61 Å². The maximum Gasteiger partial charge on any atom is 0.252 e. The van der Waals surface area contributed by atoms with Crippen LogP contribution in [0.1, 0.15) is 5.69 Å². The summed E-state index contributed by atoms with van der Waals surface area (Å²) in [6.45, 7) is 3.86. The zero-order valence-corrected chi connectivity index (χ0v) is 14.0. The second-order valence-electron chi connectivity index (χ2n) is 5.81. The Morgan fingerprint density at radius 2 is 1.79 bits per heavy atom. The molecule has 0 bridgehead atoms. The lowest BCUT2D eigenvalue weighted by atomic mass is 10.3. The third-order valence-corrected chi connectivity index (χ3v) is 4.03. The Morgan fingerprint density at radius 3 is 2.46 bits per heavy atom. The van der Waals surface area contributed by atoms with E-state index in [-0.39, 0.29) is 12.2 Å². The standard InChI is InChI=1S/C17H22N4O3/c1-20-7-9-21(10-8-20)17-18-13(11-16(22)19-17)12-24-15-5-3-14(23-2)4-6-15/h3-6,11H,7-10,12H2,1-2H3,(H,18,19,22). The molecule has 3 rings (SSSR count). The van der Waals surface area contributed by atoms with Crippen LogP contribution in [0.25, 0.3) is 0 Å². The topological polar surface area (TPSA) is 70.7 Å². The lowest BCUT2D eigenvalue weighted by Gasteiger charge is -2.32. The number of methoxy groups -OCH3 is 1. The molecule has 0 spiro atoms. The summed E-state index contributed by atoms with van der Waals surface area (Å²) < 4.78 is 10.8. The van der Waals surface area contributed by atoms with Crippen molar-refractivity contribution in [2.75, 3.05) is 45.2 Å². The van der Waals surface area contributed by atoms with E-state index in [2.05, 4.69) is 26.8 Å². The van der Waals surface area contributed by atoms with E-state index >= 15 is 0 Å². The van der Waals surface area contributed by atoms with E-state index in [4.69, 9.17) is 9.47 Å². The van der Waals surface area contributed by atoms with Gasteiger partial charge in [-0.25, -0.2) is 4.98 Å². The molecule has 1 N–H and O–H groups in total. The monoisotopic (exact) mass is 330 g/mol. The zero-order valence-electron chi connectivity index (χ0n) is 14.0. The van der Waals surface area contributed by atoms with Crippen LogP contribution < -0.4 is 19.9 Å². The van der Waals surface area contributed by atoms with Crippen LogP contribution >= 0.6 is 0 Å². The molecular weight excluding hydrogens is 308 g/mol. The summed E-state index contributed by atoms with van der Waals surface area (Å²) in [7, 11) is 3.71. The Labute approximate surface area is 140 Å². The van der Waals surface area contributed by atoms with Gasteiger partial charge in [0.1, 0.15) is 18.1 Å². The fourth-order valence-electron chi connectivity index (χ4n) is 2.57. The summed E-state index contributed by atoms with van der Waals surface area (Å²) in [6, 6.07) is 8.79. The van der Waals surface area contributed by atoms with Crippen LogP contribution in [0.2, 0.25) is 0 Å². The molecule has 1 saturated heterocycles. The zero-order chi connectivity index (χ0) is 16.9. The van der Waals surface area contributed by atoms with Crippen molar-refractivity contribution >= 4 is 5.95 Å². The minimum absolute atomic E-state index is 0.160. The van der Waals surface area contributed by atoms with E-state index in [9.17, 15) is 4.79 Å². The van der Waals surface area contributed by atoms with Gasteiger partial charge in [0.2, 0.25) is 5.95 Å². The number of anilines is 1. The molecule has 2 heterocycles. The molecular formula is C17H22N4O3. The average Bonchev–Trinajstić information content (AvgIpc) is 2.60. The van der Waals surface area contributed by atoms with Crippen LogP contribution in [-0.2, 0) is 6.61 Å². The number of nitrogens with one attached hydrogen (secondary N) is 1. The molecule has 24 heavy (non-hydrogen) atoms. The maximum atomic E-state index is 11.9. The van der Waals surface area contributed by atoms with Gasteiger partial charge in [0.15, 0.2) is 0 Å². The third-order valence-electron chi connectivity index (χ3n) is 4.03. The van der Waals surface area contributed by atoms with Gasteiger partial charge in [0.05, 0.1) is 12.8 Å². The Balaban J connectivity index is 1.68. The Morgan fingerprint density at radius 1 is 1.12 bits per heavy atom. The van der Waals surface area contributed by atoms with Gasteiger partial charge in [-0.05, 0) is 31.3 Å². The second-order valence-corrected chi connectivity index (χ2v) is 5.81. The number of aromatic nitrogens is 2. The van der Waals surface area contributed by atoms with Crippen LogP contribution in [0, 0.1) is 0 Å². The smallest absolute Gasteiger partial charge is 0.252 e. The Bertz CT molecular complexity index is 721. The second kappa shape index (κ2) is 7.35. The van der Waals surface area contributed by atoms with Crippen molar-refractivity contribution in [3.8, 4) is 11.5 Å². The number of hydrogen-bond donors (Lipinski definition) is 1. The maximum absolute atomic E-state index is 11.9. The molecule has 1 aliphatic heterocycles. The van der Waals surface area contributed by atoms with Crippen LogP contribution in [0.3, 0.4) is 0 Å². The van der Waals surface area contributed by atoms with E-state index in [0.29, 0.717) is 17.4 Å². The van der Waals surface area contributed by atoms with Gasteiger partial charge in [0, 0.05) is 32.2 Å². The first-order valence-corrected chi connectivity index (χ1v) is 7.94. The minimum Gasteiger partial charge on any atom is -0.497 e. The van der Waals surface area contributed by atoms with Crippen molar-refractivity contribution < 1.29 is 9.47 Å². The fourth-order valence-corrected chi connectivity index (χ4v) is 2.57. The van der Waals surface area contributed by atoms with Gasteiger partial charge >= 0.3 is 0 Å². The van der Waals surface area contributed by atoms with E-state index in [1.807, 2.05) is 24.3 Å². The highest BCUT2D eigenvalue weighted by atomic mass is 16.5. The number of rotatable bonds is 5. The predicted molar refractivity (Wildman–Crippen MR) is 91.9 cm³/mol. The molecule has 1 aliphatic rings. The molecule has 1 aromatic heterocycles. The number of hydrogen-bond acceptors (Lipinski definition) is 6. The van der Waals surface area contributed by atoms with Crippen molar-refractivity contribution in [3.63, 3.8) is 0 Å². The van der Waals surface area contributed by atoms with E-state index in [0.717, 1.165) is 31.9 Å². The van der Waals surface area contributed by atoms with Gasteiger partial charge < -0.3 is 19.3 Å². The number of nitrogens with zero attached hydrogens (tertiary/aromatic N) is 3. The van der Waals surface area contributed by atoms with Gasteiger partial charge in [-0.3, -0.25) is 9.78 Å². The van der Waals surface area contributed by atoms with Crippen molar-refractivity contribution in [2.24, 2.45) is 0 Å². The molecule has 0 amide bonds. The largest absolute Gasteiger partial charge is 0.497 e. The Kier molecular flexibility index (Phi) is 5.00. The number of benzene rings is 1. The number of aromatic amines is 1. The number of piperazine rings is 1. The minimum atomic E-state index is -0.160.